The van der Waals surface area contributed by atoms with Crippen molar-refractivity contribution in [3.05, 3.63) is 84.0 Å². The number of hydrogen-bond acceptors (Lipinski definition) is 7. The number of ether oxygens (including phenoxy) is 2. The number of carbonyl (C=O) groups is 2. The molecule has 0 saturated heterocycles. The van der Waals surface area contributed by atoms with Crippen LogP contribution in [-0.4, -0.2) is 25.2 Å². The molecule has 0 N–H and O–H groups in total. The fraction of sp³-hybridized carbons (Fsp3) is 0.250. The molecular weight excluding hydrogens is 447 g/mol. The van der Waals surface area contributed by atoms with Crippen molar-refractivity contribution in [3.63, 3.8) is 0 Å². The Morgan fingerprint density at radius 1 is 0.750 bits per heavy atom. The van der Waals surface area contributed by atoms with E-state index < -0.39 is 19.1 Å². The Balaban J connectivity index is 1.76. The zero-order chi connectivity index (χ0) is 23.5. The average Bonchev–Trinajstić information content (AvgIpc) is 2.75. The molecule has 6 nitrogen and oxygen atoms in total. The van der Waals surface area contributed by atoms with Crippen LogP contribution in [0.15, 0.2) is 72.8 Å². The van der Waals surface area contributed by atoms with E-state index >= 15 is 0 Å². The third kappa shape index (κ3) is 9.00. The molecule has 0 spiro atoms. The standard InChI is InChI=1S/C24H26O6PS/c1-17(2)23(25)27-15-13-19-5-9-21(10-6-19)29-31(32)30-22-11-7-20(8-12-22)14-16-28-24(26)18(3)4/h5-12H,1,3,13-16H2,2,4H3/q+1. The highest BCUT2D eigenvalue weighted by Crippen LogP contribution is 2.31. The van der Waals surface area contributed by atoms with Crippen molar-refractivity contribution in [1.29, 1.82) is 0 Å². The topological polar surface area (TPSA) is 71.1 Å². The van der Waals surface area contributed by atoms with Crippen LogP contribution >= 0.6 is 7.15 Å². The predicted molar refractivity (Wildman–Crippen MR) is 127 cm³/mol. The Hall–Kier alpha value is -3.02. The van der Waals surface area contributed by atoms with Gasteiger partial charge in [-0.3, -0.25) is 0 Å². The van der Waals surface area contributed by atoms with Gasteiger partial charge in [0.05, 0.1) is 13.2 Å². The fourth-order valence-electron chi connectivity index (χ4n) is 2.39. The lowest BCUT2D eigenvalue weighted by atomic mass is 10.1. The lowest BCUT2D eigenvalue weighted by Crippen LogP contribution is -2.07. The molecule has 8 heteroatoms. The summed E-state index contributed by atoms with van der Waals surface area (Å²) in [4.78, 5) is 22.8. The molecule has 0 aliphatic heterocycles. The van der Waals surface area contributed by atoms with Crippen molar-refractivity contribution in [3.8, 4) is 11.5 Å². The summed E-state index contributed by atoms with van der Waals surface area (Å²) < 4.78 is 21.6. The number of hydrogen-bond donors (Lipinski definition) is 0. The molecule has 0 radical (unpaired) electrons. The summed E-state index contributed by atoms with van der Waals surface area (Å²) in [5.74, 6) is 0.422. The number of esters is 2. The van der Waals surface area contributed by atoms with Crippen LogP contribution in [0.1, 0.15) is 25.0 Å². The first-order valence-electron chi connectivity index (χ1n) is 9.91. The normalized spacial score (nSPS) is 10.1. The summed E-state index contributed by atoms with van der Waals surface area (Å²) in [5.41, 5.74) is 2.77. The number of carbonyl (C=O) groups excluding carboxylic acids is 2. The maximum atomic E-state index is 11.4. The van der Waals surface area contributed by atoms with Crippen LogP contribution in [0.2, 0.25) is 0 Å². The van der Waals surface area contributed by atoms with E-state index in [1.165, 1.54) is 0 Å². The van der Waals surface area contributed by atoms with Crippen molar-refractivity contribution >= 4 is 30.9 Å². The van der Waals surface area contributed by atoms with Crippen LogP contribution in [0, 0.1) is 0 Å². The maximum Gasteiger partial charge on any atom is 0.626 e. The van der Waals surface area contributed by atoms with Gasteiger partial charge in [0, 0.05) is 24.0 Å². The molecular formula is C24H26O6PS+. The molecule has 2 aromatic rings. The molecule has 0 aliphatic rings. The molecule has 0 atom stereocenters. The molecule has 168 valence electrons. The monoisotopic (exact) mass is 473 g/mol. The van der Waals surface area contributed by atoms with Crippen molar-refractivity contribution < 1.29 is 28.1 Å². The Morgan fingerprint density at radius 2 is 1.09 bits per heavy atom. The first-order valence-corrected chi connectivity index (χ1v) is 12.1. The van der Waals surface area contributed by atoms with E-state index in [9.17, 15) is 9.59 Å². The maximum absolute atomic E-state index is 11.4. The minimum Gasteiger partial charge on any atom is -0.462 e. The van der Waals surface area contributed by atoms with Crippen LogP contribution in [0.3, 0.4) is 0 Å². The van der Waals surface area contributed by atoms with Gasteiger partial charge in [-0.15, -0.1) is 0 Å². The highest BCUT2D eigenvalue weighted by Gasteiger charge is 2.18. The van der Waals surface area contributed by atoms with Crippen LogP contribution in [0.5, 0.6) is 11.5 Å². The summed E-state index contributed by atoms with van der Waals surface area (Å²) >= 11 is 5.30. The van der Waals surface area contributed by atoms with E-state index in [-0.39, 0.29) is 13.2 Å². The van der Waals surface area contributed by atoms with Gasteiger partial charge in [0.2, 0.25) is 0 Å². The summed E-state index contributed by atoms with van der Waals surface area (Å²) in [7, 11) is -1.58. The van der Waals surface area contributed by atoms with Crippen LogP contribution in [0.4, 0.5) is 0 Å². The Bertz CT molecular complexity index is 903. The van der Waals surface area contributed by atoms with Crippen LogP contribution in [-0.2, 0) is 43.7 Å². The molecule has 0 aromatic heterocycles. The minimum absolute atomic E-state index is 0.287. The van der Waals surface area contributed by atoms with Crippen LogP contribution < -0.4 is 9.05 Å². The van der Waals surface area contributed by atoms with Crippen LogP contribution in [0.25, 0.3) is 0 Å². The summed E-state index contributed by atoms with van der Waals surface area (Å²) in [6, 6.07) is 14.8. The van der Waals surface area contributed by atoms with E-state index in [2.05, 4.69) is 13.2 Å². The van der Waals surface area contributed by atoms with E-state index in [1.807, 2.05) is 24.3 Å². The molecule has 0 amide bonds. The second kappa shape index (κ2) is 12.7. The second-order valence-corrected chi connectivity index (χ2v) is 8.73. The van der Waals surface area contributed by atoms with Gasteiger partial charge in [-0.1, -0.05) is 37.4 Å². The SMILES string of the molecule is C=C(C)C(=O)OCCc1ccc(O[P+](=S)Oc2ccc(CCOC(=O)C(=C)C)cc2)cc1. The fourth-order valence-corrected chi connectivity index (χ4v) is 3.54. The molecule has 32 heavy (non-hydrogen) atoms. The summed E-state index contributed by atoms with van der Waals surface area (Å²) in [5, 5.41) is 0. The molecule has 2 rings (SSSR count). The number of benzene rings is 2. The lowest BCUT2D eigenvalue weighted by Gasteiger charge is -2.05. The van der Waals surface area contributed by atoms with Gasteiger partial charge in [0.25, 0.3) is 11.8 Å². The van der Waals surface area contributed by atoms with Gasteiger partial charge in [-0.05, 0) is 49.2 Å². The zero-order valence-electron chi connectivity index (χ0n) is 18.2. The van der Waals surface area contributed by atoms with Gasteiger partial charge in [0.1, 0.15) is 0 Å². The first kappa shape index (κ1) is 25.2. The smallest absolute Gasteiger partial charge is 0.462 e. The number of rotatable bonds is 12. The Labute approximate surface area is 194 Å². The zero-order valence-corrected chi connectivity index (χ0v) is 19.9. The molecule has 0 heterocycles. The first-order chi connectivity index (χ1) is 15.2. The van der Waals surface area contributed by atoms with E-state index in [4.69, 9.17) is 30.3 Å². The van der Waals surface area contributed by atoms with Crippen molar-refractivity contribution in [2.45, 2.75) is 26.7 Å². The van der Waals surface area contributed by atoms with Gasteiger partial charge >= 0.3 is 19.1 Å². The van der Waals surface area contributed by atoms with Crippen molar-refractivity contribution in [2.24, 2.45) is 0 Å². The van der Waals surface area contributed by atoms with E-state index in [0.29, 0.717) is 35.5 Å². The lowest BCUT2D eigenvalue weighted by molar-refractivity contribution is -0.139. The van der Waals surface area contributed by atoms with Gasteiger partial charge in [-0.2, -0.15) is 0 Å². The summed E-state index contributed by atoms with van der Waals surface area (Å²) in [6.07, 6.45) is 1.19. The largest absolute Gasteiger partial charge is 0.626 e. The van der Waals surface area contributed by atoms with Gasteiger partial charge in [0.15, 0.2) is 11.5 Å². The molecule has 0 unspecified atom stereocenters. The Morgan fingerprint density at radius 3 is 1.41 bits per heavy atom. The van der Waals surface area contributed by atoms with Crippen molar-refractivity contribution in [2.75, 3.05) is 13.2 Å². The third-order valence-electron chi connectivity index (χ3n) is 4.15. The molecule has 0 fully saturated rings. The van der Waals surface area contributed by atoms with Gasteiger partial charge in [-0.25, -0.2) is 18.6 Å². The molecule has 0 bridgehead atoms. The van der Waals surface area contributed by atoms with E-state index in [1.54, 1.807) is 38.1 Å². The third-order valence-corrected chi connectivity index (χ3v) is 5.32. The van der Waals surface area contributed by atoms with E-state index in [0.717, 1.165) is 11.1 Å². The minimum atomic E-state index is -1.58. The average molecular weight is 474 g/mol. The van der Waals surface area contributed by atoms with Crippen molar-refractivity contribution in [1.82, 2.24) is 0 Å². The molecule has 2 aromatic carbocycles. The molecule has 0 aliphatic carbocycles. The molecule has 0 saturated carbocycles. The predicted octanol–water partition coefficient (Wildman–Crippen LogP) is 5.24. The highest BCUT2D eigenvalue weighted by molar-refractivity contribution is 8.01. The second-order valence-electron chi connectivity index (χ2n) is 7.03. The summed E-state index contributed by atoms with van der Waals surface area (Å²) in [6.45, 7) is 10.9. The highest BCUT2D eigenvalue weighted by atomic mass is 32.4. The Kier molecular flexibility index (Phi) is 10.1. The quantitative estimate of drug-likeness (QED) is 0.237. The van der Waals surface area contributed by atoms with Gasteiger partial charge < -0.3 is 9.47 Å².